The SMILES string of the molecule is C[C@H](N)CCC(C)(C)C(=O)O. The van der Waals surface area contributed by atoms with E-state index in [1.807, 2.05) is 6.92 Å². The molecule has 0 spiro atoms. The minimum Gasteiger partial charge on any atom is -0.481 e. The summed E-state index contributed by atoms with van der Waals surface area (Å²) in [5.41, 5.74) is 4.88. The van der Waals surface area contributed by atoms with E-state index < -0.39 is 11.4 Å². The van der Waals surface area contributed by atoms with Gasteiger partial charge < -0.3 is 10.8 Å². The van der Waals surface area contributed by atoms with Crippen molar-refractivity contribution in [2.75, 3.05) is 0 Å². The van der Waals surface area contributed by atoms with Crippen LogP contribution in [-0.4, -0.2) is 17.1 Å². The molecular formula is C8H17NO2. The van der Waals surface area contributed by atoms with E-state index in [1.54, 1.807) is 13.8 Å². The Balaban J connectivity index is 3.83. The van der Waals surface area contributed by atoms with Crippen molar-refractivity contribution in [3.8, 4) is 0 Å². The lowest BCUT2D eigenvalue weighted by Crippen LogP contribution is -2.26. The van der Waals surface area contributed by atoms with Gasteiger partial charge in [0.05, 0.1) is 5.41 Å². The second-order valence-corrected chi connectivity index (χ2v) is 3.70. The summed E-state index contributed by atoms with van der Waals surface area (Å²) < 4.78 is 0. The second-order valence-electron chi connectivity index (χ2n) is 3.70. The van der Waals surface area contributed by atoms with Crippen LogP contribution in [0.15, 0.2) is 0 Å². The number of aliphatic carboxylic acids is 1. The summed E-state index contributed by atoms with van der Waals surface area (Å²) in [4.78, 5) is 10.6. The van der Waals surface area contributed by atoms with Gasteiger partial charge in [0.2, 0.25) is 0 Å². The van der Waals surface area contributed by atoms with Gasteiger partial charge in [-0.05, 0) is 33.6 Å². The lowest BCUT2D eigenvalue weighted by molar-refractivity contribution is -0.147. The standard InChI is InChI=1S/C8H17NO2/c1-6(9)4-5-8(2,3)7(10)11/h6H,4-5,9H2,1-3H3,(H,10,11)/t6-/m0/s1. The fourth-order valence-corrected chi connectivity index (χ4v) is 0.695. The van der Waals surface area contributed by atoms with Crippen LogP contribution in [0.1, 0.15) is 33.6 Å². The van der Waals surface area contributed by atoms with Crippen molar-refractivity contribution in [2.45, 2.75) is 39.7 Å². The molecule has 3 nitrogen and oxygen atoms in total. The summed E-state index contributed by atoms with van der Waals surface area (Å²) in [6.07, 6.45) is 1.40. The Morgan fingerprint density at radius 2 is 2.09 bits per heavy atom. The van der Waals surface area contributed by atoms with Crippen molar-refractivity contribution in [1.82, 2.24) is 0 Å². The molecular weight excluding hydrogens is 142 g/mol. The van der Waals surface area contributed by atoms with Gasteiger partial charge in [-0.2, -0.15) is 0 Å². The number of carboxylic acid groups (broad SMARTS) is 1. The average molecular weight is 159 g/mol. The van der Waals surface area contributed by atoms with E-state index in [0.29, 0.717) is 6.42 Å². The third-order valence-electron chi connectivity index (χ3n) is 1.80. The summed E-state index contributed by atoms with van der Waals surface area (Å²) in [7, 11) is 0. The van der Waals surface area contributed by atoms with Gasteiger partial charge in [0, 0.05) is 6.04 Å². The molecule has 66 valence electrons. The highest BCUT2D eigenvalue weighted by Crippen LogP contribution is 2.22. The smallest absolute Gasteiger partial charge is 0.309 e. The van der Waals surface area contributed by atoms with Gasteiger partial charge in [0.1, 0.15) is 0 Å². The van der Waals surface area contributed by atoms with E-state index in [1.165, 1.54) is 0 Å². The summed E-state index contributed by atoms with van der Waals surface area (Å²) in [6, 6.07) is 0.0913. The van der Waals surface area contributed by atoms with Gasteiger partial charge >= 0.3 is 5.97 Å². The van der Waals surface area contributed by atoms with E-state index in [4.69, 9.17) is 10.8 Å². The van der Waals surface area contributed by atoms with Gasteiger partial charge in [0.25, 0.3) is 0 Å². The summed E-state index contributed by atoms with van der Waals surface area (Å²) in [5.74, 6) is -0.752. The van der Waals surface area contributed by atoms with Crippen molar-refractivity contribution in [3.05, 3.63) is 0 Å². The molecule has 0 heterocycles. The molecule has 0 radical (unpaired) electrons. The third kappa shape index (κ3) is 3.98. The first-order chi connectivity index (χ1) is 4.86. The fraction of sp³-hybridized carbons (Fsp3) is 0.875. The molecule has 0 aromatic heterocycles. The van der Waals surface area contributed by atoms with Gasteiger partial charge in [0.15, 0.2) is 0 Å². The zero-order chi connectivity index (χ0) is 9.07. The minimum atomic E-state index is -0.752. The highest BCUT2D eigenvalue weighted by Gasteiger charge is 2.26. The maximum Gasteiger partial charge on any atom is 0.309 e. The Kier molecular flexibility index (Phi) is 3.52. The second kappa shape index (κ2) is 3.72. The molecule has 0 aromatic carbocycles. The molecule has 0 rings (SSSR count). The van der Waals surface area contributed by atoms with Crippen molar-refractivity contribution < 1.29 is 9.90 Å². The van der Waals surface area contributed by atoms with Crippen molar-refractivity contribution in [2.24, 2.45) is 11.1 Å². The Morgan fingerprint density at radius 1 is 1.64 bits per heavy atom. The first-order valence-electron chi connectivity index (χ1n) is 3.85. The van der Waals surface area contributed by atoms with Crippen LogP contribution < -0.4 is 5.73 Å². The third-order valence-corrected chi connectivity index (χ3v) is 1.80. The van der Waals surface area contributed by atoms with Gasteiger partial charge in [-0.1, -0.05) is 0 Å². The van der Waals surface area contributed by atoms with Crippen molar-refractivity contribution in [1.29, 1.82) is 0 Å². The van der Waals surface area contributed by atoms with Gasteiger partial charge in [-0.15, -0.1) is 0 Å². The van der Waals surface area contributed by atoms with Crippen LogP contribution in [0.4, 0.5) is 0 Å². The molecule has 0 amide bonds. The number of hydrogen-bond acceptors (Lipinski definition) is 2. The molecule has 0 saturated heterocycles. The average Bonchev–Trinajstić information content (AvgIpc) is 1.84. The molecule has 0 aliphatic carbocycles. The zero-order valence-electron chi connectivity index (χ0n) is 7.42. The van der Waals surface area contributed by atoms with E-state index in [2.05, 4.69) is 0 Å². The van der Waals surface area contributed by atoms with Gasteiger partial charge in [-0.25, -0.2) is 0 Å². The molecule has 0 saturated carbocycles. The molecule has 11 heavy (non-hydrogen) atoms. The number of rotatable bonds is 4. The monoisotopic (exact) mass is 159 g/mol. The molecule has 0 unspecified atom stereocenters. The largest absolute Gasteiger partial charge is 0.481 e. The Morgan fingerprint density at radius 3 is 2.36 bits per heavy atom. The quantitative estimate of drug-likeness (QED) is 0.648. The van der Waals surface area contributed by atoms with Crippen LogP contribution in [-0.2, 0) is 4.79 Å². The highest BCUT2D eigenvalue weighted by molar-refractivity contribution is 5.73. The van der Waals surface area contributed by atoms with Gasteiger partial charge in [-0.3, -0.25) is 4.79 Å². The topological polar surface area (TPSA) is 63.3 Å². The molecule has 0 aliphatic rings. The van der Waals surface area contributed by atoms with Crippen LogP contribution in [0.5, 0.6) is 0 Å². The predicted molar refractivity (Wildman–Crippen MR) is 44.3 cm³/mol. The van der Waals surface area contributed by atoms with Crippen LogP contribution in [0.2, 0.25) is 0 Å². The number of nitrogens with two attached hydrogens (primary N) is 1. The maximum atomic E-state index is 10.6. The normalized spacial score (nSPS) is 14.5. The maximum absolute atomic E-state index is 10.6. The highest BCUT2D eigenvalue weighted by atomic mass is 16.4. The molecule has 3 N–H and O–H groups in total. The molecule has 1 atom stereocenters. The van der Waals surface area contributed by atoms with Crippen LogP contribution in [0.25, 0.3) is 0 Å². The number of carbonyl (C=O) groups is 1. The van der Waals surface area contributed by atoms with Crippen LogP contribution in [0, 0.1) is 5.41 Å². The van der Waals surface area contributed by atoms with E-state index in [0.717, 1.165) is 6.42 Å². The van der Waals surface area contributed by atoms with E-state index in [9.17, 15) is 4.79 Å². The summed E-state index contributed by atoms with van der Waals surface area (Å²) >= 11 is 0. The van der Waals surface area contributed by atoms with Crippen molar-refractivity contribution in [3.63, 3.8) is 0 Å². The lowest BCUT2D eigenvalue weighted by atomic mass is 9.87. The predicted octanol–water partition coefficient (Wildman–Crippen LogP) is 1.22. The number of carboxylic acids is 1. The van der Waals surface area contributed by atoms with E-state index in [-0.39, 0.29) is 6.04 Å². The molecule has 0 aliphatic heterocycles. The molecule has 0 aromatic rings. The summed E-state index contributed by atoms with van der Waals surface area (Å²) in [5, 5.41) is 8.71. The van der Waals surface area contributed by atoms with Crippen LogP contribution >= 0.6 is 0 Å². The zero-order valence-corrected chi connectivity index (χ0v) is 7.42. The number of hydrogen-bond donors (Lipinski definition) is 2. The minimum absolute atomic E-state index is 0.0913. The van der Waals surface area contributed by atoms with Crippen LogP contribution in [0.3, 0.4) is 0 Å². The molecule has 3 heteroatoms. The first kappa shape index (κ1) is 10.4. The first-order valence-corrected chi connectivity index (χ1v) is 3.85. The fourth-order valence-electron chi connectivity index (χ4n) is 0.695. The van der Waals surface area contributed by atoms with Crippen molar-refractivity contribution >= 4 is 5.97 Å². The Bertz CT molecular complexity index is 141. The molecule has 0 bridgehead atoms. The van der Waals surface area contributed by atoms with E-state index >= 15 is 0 Å². The Labute approximate surface area is 67.6 Å². The molecule has 0 fully saturated rings. The Hall–Kier alpha value is -0.570. The lowest BCUT2D eigenvalue weighted by Gasteiger charge is -2.19. The summed E-state index contributed by atoms with van der Waals surface area (Å²) in [6.45, 7) is 5.33.